The molecule has 1 fully saturated rings. The Hall–Kier alpha value is -5.38. The van der Waals surface area contributed by atoms with Crippen LogP contribution in [0.25, 0.3) is 11.2 Å². The number of nitrogens with zero attached hydrogens (tertiary/aromatic N) is 4. The van der Waals surface area contributed by atoms with Crippen LogP contribution in [0.3, 0.4) is 0 Å². The number of fused-ring (bicyclic) bond motifs is 1. The van der Waals surface area contributed by atoms with Gasteiger partial charge in [-0.3, -0.25) is 9.36 Å². The molecule has 9 heteroatoms. The van der Waals surface area contributed by atoms with E-state index in [2.05, 4.69) is 46.7 Å². The molecule has 1 N–H and O–H groups in total. The highest BCUT2D eigenvalue weighted by atomic mass is 16.6. The van der Waals surface area contributed by atoms with E-state index in [9.17, 15) is 4.79 Å². The summed E-state index contributed by atoms with van der Waals surface area (Å²) in [6.45, 7) is 2.16. The van der Waals surface area contributed by atoms with Crippen LogP contribution in [-0.4, -0.2) is 44.6 Å². The van der Waals surface area contributed by atoms with E-state index in [0.717, 1.165) is 28.0 Å². The molecule has 236 valence electrons. The third kappa shape index (κ3) is 5.64. The van der Waals surface area contributed by atoms with Crippen molar-refractivity contribution in [3.05, 3.63) is 150 Å². The zero-order chi connectivity index (χ0) is 32.2. The Balaban J connectivity index is 1.29. The smallest absolute Gasteiger partial charge is 0.194 e. The number of methoxy groups -OCH3 is 1. The Bertz CT molecular complexity index is 1850. The molecule has 0 spiro atoms. The van der Waals surface area contributed by atoms with Gasteiger partial charge in [-0.25, -0.2) is 15.0 Å². The van der Waals surface area contributed by atoms with Gasteiger partial charge in [-0.05, 0) is 40.8 Å². The number of ketones is 1. The van der Waals surface area contributed by atoms with Gasteiger partial charge in [0.25, 0.3) is 0 Å². The zero-order valence-corrected chi connectivity index (χ0v) is 26.2. The second-order valence-electron chi connectivity index (χ2n) is 11.4. The van der Waals surface area contributed by atoms with Gasteiger partial charge in [-0.2, -0.15) is 0 Å². The van der Waals surface area contributed by atoms with Gasteiger partial charge in [-0.15, -0.1) is 0 Å². The van der Waals surface area contributed by atoms with Crippen LogP contribution in [0, 0.1) is 0 Å². The molecular formula is C38H35N5O4. The number of carbonyl (C=O) groups excluding carboxylic acids is 1. The van der Waals surface area contributed by atoms with Crippen molar-refractivity contribution in [3.8, 4) is 5.75 Å². The Kier molecular flexibility index (Phi) is 8.48. The van der Waals surface area contributed by atoms with E-state index in [1.807, 2.05) is 85.8 Å². The van der Waals surface area contributed by atoms with Crippen molar-refractivity contribution in [1.29, 1.82) is 0 Å². The lowest BCUT2D eigenvalue weighted by atomic mass is 9.77. The maximum absolute atomic E-state index is 13.5. The summed E-state index contributed by atoms with van der Waals surface area (Å²) in [6.07, 6.45) is 1.50. The van der Waals surface area contributed by atoms with E-state index in [4.69, 9.17) is 24.2 Å². The van der Waals surface area contributed by atoms with Gasteiger partial charge in [0, 0.05) is 0 Å². The highest BCUT2D eigenvalue weighted by Gasteiger charge is 2.45. The molecule has 6 aromatic rings. The van der Waals surface area contributed by atoms with Crippen LogP contribution in [0.15, 0.2) is 128 Å². The molecule has 2 aromatic heterocycles. The zero-order valence-electron chi connectivity index (χ0n) is 26.2. The molecule has 0 amide bonds. The average Bonchev–Trinajstić information content (AvgIpc) is 3.71. The fourth-order valence-corrected chi connectivity index (χ4v) is 6.30. The monoisotopic (exact) mass is 625 g/mol. The Morgan fingerprint density at radius 1 is 0.809 bits per heavy atom. The number of carbonyl (C=O) groups is 1. The Morgan fingerprint density at radius 2 is 1.40 bits per heavy atom. The van der Waals surface area contributed by atoms with Crippen molar-refractivity contribution in [2.75, 3.05) is 12.4 Å². The van der Waals surface area contributed by atoms with Crippen molar-refractivity contribution in [2.45, 2.75) is 43.9 Å². The van der Waals surface area contributed by atoms with Crippen LogP contribution >= 0.6 is 0 Å². The summed E-state index contributed by atoms with van der Waals surface area (Å²) in [7, 11) is 1.63. The van der Waals surface area contributed by atoms with Crippen LogP contribution in [0.5, 0.6) is 5.75 Å². The second-order valence-corrected chi connectivity index (χ2v) is 11.4. The van der Waals surface area contributed by atoms with Crippen LogP contribution in [0.4, 0.5) is 5.82 Å². The predicted molar refractivity (Wildman–Crippen MR) is 179 cm³/mol. The highest BCUT2D eigenvalue weighted by molar-refractivity contribution is 5.90. The summed E-state index contributed by atoms with van der Waals surface area (Å²) in [5.41, 5.74) is 4.28. The standard InChI is InChI=1S/C38H35N5O4/c1-3-31-33(44)34(46-23-26-19-21-30(45-2)22-20-26)37(47-31)43-25-41-32-35(39-24-40-36(32)43)42-38(27-13-7-4-8-14-27,28-15-9-5-10-16-28)29-17-11-6-12-18-29/h4-22,24-25,31,34,37H,3,23H2,1-2H3,(H,39,40,42)/t31-,34?,37-/m1/s1. The molecule has 3 heterocycles. The summed E-state index contributed by atoms with van der Waals surface area (Å²) in [6, 6.07) is 38.5. The maximum atomic E-state index is 13.5. The number of nitrogens with one attached hydrogen (secondary N) is 1. The summed E-state index contributed by atoms with van der Waals surface area (Å²) < 4.78 is 19.6. The number of anilines is 1. The maximum Gasteiger partial charge on any atom is 0.194 e. The molecule has 47 heavy (non-hydrogen) atoms. The lowest BCUT2D eigenvalue weighted by molar-refractivity contribution is -0.130. The van der Waals surface area contributed by atoms with Crippen molar-refractivity contribution in [2.24, 2.45) is 0 Å². The fraction of sp³-hybridized carbons (Fsp3) is 0.211. The number of ether oxygens (including phenoxy) is 3. The third-order valence-electron chi connectivity index (χ3n) is 8.68. The molecule has 1 aliphatic heterocycles. The quantitative estimate of drug-likeness (QED) is 0.159. The molecule has 1 aliphatic rings. The lowest BCUT2D eigenvalue weighted by Gasteiger charge is -2.37. The van der Waals surface area contributed by atoms with Crippen LogP contribution < -0.4 is 10.1 Å². The van der Waals surface area contributed by atoms with Gasteiger partial charge in [0.05, 0.1) is 20.0 Å². The summed E-state index contributed by atoms with van der Waals surface area (Å²) in [4.78, 5) is 27.6. The molecule has 7 rings (SSSR count). The van der Waals surface area contributed by atoms with Gasteiger partial charge < -0.3 is 19.5 Å². The molecule has 0 radical (unpaired) electrons. The number of hydrogen-bond donors (Lipinski definition) is 1. The van der Waals surface area contributed by atoms with Gasteiger partial charge in [0.2, 0.25) is 0 Å². The Labute approximate surface area is 273 Å². The molecule has 1 saturated heterocycles. The number of benzene rings is 4. The van der Waals surface area contributed by atoms with Crippen molar-refractivity contribution < 1.29 is 19.0 Å². The summed E-state index contributed by atoms with van der Waals surface area (Å²) in [5.74, 6) is 1.19. The van der Waals surface area contributed by atoms with Crippen LogP contribution in [-0.2, 0) is 26.4 Å². The molecule has 0 saturated carbocycles. The first-order chi connectivity index (χ1) is 23.1. The van der Waals surface area contributed by atoms with E-state index >= 15 is 0 Å². The Morgan fingerprint density at radius 3 is 1.96 bits per heavy atom. The number of Topliss-reactive ketones (excluding diaryl/α,β-unsaturated/α-hetero) is 1. The number of rotatable bonds is 11. The third-order valence-corrected chi connectivity index (χ3v) is 8.68. The average molecular weight is 626 g/mol. The predicted octanol–water partition coefficient (Wildman–Crippen LogP) is 6.70. The van der Waals surface area contributed by atoms with E-state index in [1.165, 1.54) is 6.33 Å². The first-order valence-electron chi connectivity index (χ1n) is 15.7. The minimum atomic E-state index is -0.845. The molecule has 0 aliphatic carbocycles. The molecule has 0 bridgehead atoms. The minimum Gasteiger partial charge on any atom is -0.497 e. The molecule has 3 atom stereocenters. The normalized spacial score (nSPS) is 18.0. The molecule has 1 unspecified atom stereocenters. The fourth-order valence-electron chi connectivity index (χ4n) is 6.30. The van der Waals surface area contributed by atoms with Crippen molar-refractivity contribution in [3.63, 3.8) is 0 Å². The van der Waals surface area contributed by atoms with E-state index in [0.29, 0.717) is 23.4 Å². The largest absolute Gasteiger partial charge is 0.497 e. The topological polar surface area (TPSA) is 100 Å². The van der Waals surface area contributed by atoms with E-state index < -0.39 is 24.0 Å². The molecular weight excluding hydrogens is 590 g/mol. The van der Waals surface area contributed by atoms with Gasteiger partial charge >= 0.3 is 0 Å². The van der Waals surface area contributed by atoms with Gasteiger partial charge in [-0.1, -0.05) is 110 Å². The molecule has 9 nitrogen and oxygen atoms in total. The van der Waals surface area contributed by atoms with E-state index in [-0.39, 0.29) is 12.4 Å². The van der Waals surface area contributed by atoms with Crippen LogP contribution in [0.1, 0.15) is 41.8 Å². The van der Waals surface area contributed by atoms with Crippen molar-refractivity contribution >= 4 is 22.8 Å². The highest BCUT2D eigenvalue weighted by Crippen LogP contribution is 2.41. The SMILES string of the molecule is CC[C@H]1O[C@@H](n2cnc3c(NC(c4ccccc4)(c4ccccc4)c4ccccc4)ncnc32)C(OCc2ccc(OC)cc2)C1=O. The van der Waals surface area contributed by atoms with Gasteiger partial charge in [0.15, 0.2) is 35.1 Å². The summed E-state index contributed by atoms with van der Waals surface area (Å²) in [5, 5.41) is 3.81. The first-order valence-corrected chi connectivity index (χ1v) is 15.7. The molecule has 4 aromatic carbocycles. The van der Waals surface area contributed by atoms with Crippen molar-refractivity contribution in [1.82, 2.24) is 19.5 Å². The van der Waals surface area contributed by atoms with Gasteiger partial charge in [0.1, 0.15) is 23.7 Å². The minimum absolute atomic E-state index is 0.100. The first kappa shape index (κ1) is 30.3. The van der Waals surface area contributed by atoms with E-state index in [1.54, 1.807) is 18.0 Å². The van der Waals surface area contributed by atoms with Crippen LogP contribution in [0.2, 0.25) is 0 Å². The number of aromatic nitrogens is 4. The second kappa shape index (κ2) is 13.2. The lowest BCUT2D eigenvalue weighted by Crippen LogP contribution is -2.38. The summed E-state index contributed by atoms with van der Waals surface area (Å²) >= 11 is 0. The number of imidazole rings is 1. The number of hydrogen-bond acceptors (Lipinski definition) is 8.